The Morgan fingerprint density at radius 1 is 0.789 bits per heavy atom. The summed E-state index contributed by atoms with van der Waals surface area (Å²) in [7, 11) is 3.94. The van der Waals surface area contributed by atoms with E-state index in [1.165, 1.54) is 0 Å². The van der Waals surface area contributed by atoms with Gasteiger partial charge in [-0.1, -0.05) is 0 Å². The van der Waals surface area contributed by atoms with E-state index in [0.717, 1.165) is 34.3 Å². The second-order valence-corrected chi connectivity index (χ2v) is 4.65. The van der Waals surface area contributed by atoms with Crippen molar-refractivity contribution in [3.8, 4) is 11.5 Å². The second-order valence-electron chi connectivity index (χ2n) is 4.65. The Balaban J connectivity index is 2.04. The van der Waals surface area contributed by atoms with Gasteiger partial charge in [0.1, 0.15) is 11.5 Å². The summed E-state index contributed by atoms with van der Waals surface area (Å²) >= 11 is 0. The fourth-order valence-corrected chi connectivity index (χ4v) is 2.07. The molecule has 0 unspecified atom stereocenters. The normalized spacial score (nSPS) is 10.6. The Labute approximate surface area is 113 Å². The van der Waals surface area contributed by atoms with Gasteiger partial charge in [0.25, 0.3) is 0 Å². The topological polar surface area (TPSA) is 54.1 Å². The molecule has 2 heterocycles. The molecular weight excluding hydrogens is 243 g/mol. The fourth-order valence-electron chi connectivity index (χ4n) is 2.07. The quantitative estimate of drug-likeness (QED) is 0.774. The lowest BCUT2D eigenvalue weighted by Crippen LogP contribution is -2.13. The number of hydrogen-bond donors (Lipinski definition) is 0. The molecule has 0 aliphatic heterocycles. The molecule has 0 saturated heterocycles. The van der Waals surface area contributed by atoms with Gasteiger partial charge in [0.15, 0.2) is 0 Å². The molecule has 0 radical (unpaired) electrons. The smallest absolute Gasteiger partial charge is 0.526 e. The SMILES string of the molecule is Cc1nn(C)c(C)c1OBOc1c(C)nn(C)c1C. The van der Waals surface area contributed by atoms with Gasteiger partial charge in [-0.25, -0.2) is 0 Å². The van der Waals surface area contributed by atoms with Gasteiger partial charge in [0, 0.05) is 14.1 Å². The molecule has 2 aromatic heterocycles. The molecule has 6 nitrogen and oxygen atoms in total. The second kappa shape index (κ2) is 4.99. The van der Waals surface area contributed by atoms with Crippen molar-refractivity contribution in [3.63, 3.8) is 0 Å². The van der Waals surface area contributed by atoms with E-state index in [2.05, 4.69) is 10.2 Å². The van der Waals surface area contributed by atoms with Crippen LogP contribution in [0.2, 0.25) is 0 Å². The Kier molecular flexibility index (Phi) is 3.55. The summed E-state index contributed by atoms with van der Waals surface area (Å²) in [5.41, 5.74) is 3.70. The summed E-state index contributed by atoms with van der Waals surface area (Å²) in [4.78, 5) is 0. The van der Waals surface area contributed by atoms with Crippen molar-refractivity contribution >= 4 is 7.69 Å². The van der Waals surface area contributed by atoms with E-state index in [1.807, 2.05) is 41.8 Å². The average Bonchev–Trinajstić information content (AvgIpc) is 2.72. The lowest BCUT2D eigenvalue weighted by Gasteiger charge is -2.08. The molecule has 0 spiro atoms. The molecule has 0 amide bonds. The predicted octanol–water partition coefficient (Wildman–Crippen LogP) is 1.11. The number of aromatic nitrogens is 4. The first-order valence-corrected chi connectivity index (χ1v) is 6.17. The van der Waals surface area contributed by atoms with Crippen LogP contribution in [0.15, 0.2) is 0 Å². The minimum atomic E-state index is 0.154. The summed E-state index contributed by atoms with van der Waals surface area (Å²) in [6, 6.07) is 0. The first-order valence-electron chi connectivity index (χ1n) is 6.17. The van der Waals surface area contributed by atoms with Gasteiger partial charge >= 0.3 is 7.69 Å². The lowest BCUT2D eigenvalue weighted by atomic mass is 10.3. The first kappa shape index (κ1) is 13.5. The fraction of sp³-hybridized carbons (Fsp3) is 0.500. The van der Waals surface area contributed by atoms with E-state index >= 15 is 0 Å². The summed E-state index contributed by atoms with van der Waals surface area (Å²) in [5.74, 6) is 1.56. The molecule has 102 valence electrons. The van der Waals surface area contributed by atoms with Crippen molar-refractivity contribution in [1.29, 1.82) is 0 Å². The Morgan fingerprint density at radius 3 is 1.42 bits per heavy atom. The summed E-state index contributed by atoms with van der Waals surface area (Å²) in [6.45, 7) is 7.78. The van der Waals surface area contributed by atoms with Crippen LogP contribution >= 0.6 is 0 Å². The largest absolute Gasteiger partial charge is 0.576 e. The highest BCUT2D eigenvalue weighted by Crippen LogP contribution is 2.23. The van der Waals surface area contributed by atoms with Gasteiger partial charge in [-0.2, -0.15) is 10.2 Å². The number of nitrogens with zero attached hydrogens (tertiary/aromatic N) is 4. The van der Waals surface area contributed by atoms with E-state index in [-0.39, 0.29) is 7.69 Å². The van der Waals surface area contributed by atoms with Crippen LogP contribution in [0.4, 0.5) is 0 Å². The summed E-state index contributed by atoms with van der Waals surface area (Å²) in [6.07, 6.45) is 0. The molecule has 0 bridgehead atoms. The lowest BCUT2D eigenvalue weighted by molar-refractivity contribution is 0.450. The van der Waals surface area contributed by atoms with Crippen LogP contribution in [-0.2, 0) is 14.1 Å². The van der Waals surface area contributed by atoms with Crippen LogP contribution < -0.4 is 9.31 Å². The Morgan fingerprint density at radius 2 is 1.16 bits per heavy atom. The molecule has 0 N–H and O–H groups in total. The van der Waals surface area contributed by atoms with E-state index in [9.17, 15) is 0 Å². The maximum atomic E-state index is 5.67. The summed E-state index contributed by atoms with van der Waals surface area (Å²) < 4.78 is 14.9. The van der Waals surface area contributed by atoms with Gasteiger partial charge < -0.3 is 9.31 Å². The number of aryl methyl sites for hydroxylation is 4. The van der Waals surface area contributed by atoms with Crippen LogP contribution in [0.1, 0.15) is 22.8 Å². The number of hydrogen-bond acceptors (Lipinski definition) is 4. The van der Waals surface area contributed by atoms with Gasteiger partial charge in [-0.3, -0.25) is 9.36 Å². The molecule has 0 aromatic carbocycles. The third-order valence-corrected chi connectivity index (χ3v) is 3.29. The zero-order valence-corrected chi connectivity index (χ0v) is 12.3. The maximum absolute atomic E-state index is 5.67. The third kappa shape index (κ3) is 2.45. The standard InChI is InChI=1S/C12H19BN4O2/c1-7-11(9(3)16(5)14-7)18-13-19-12-8(2)15-17(6)10(12)4/h13H,1-6H3. The van der Waals surface area contributed by atoms with Gasteiger partial charge in [-0.05, 0) is 27.7 Å². The highest BCUT2D eigenvalue weighted by Gasteiger charge is 2.14. The molecule has 2 rings (SSSR count). The Bertz CT molecular complexity index is 551. The van der Waals surface area contributed by atoms with E-state index in [1.54, 1.807) is 9.36 Å². The zero-order chi connectivity index (χ0) is 14.2. The summed E-state index contributed by atoms with van der Waals surface area (Å²) in [5, 5.41) is 8.59. The molecular formula is C12H19BN4O2. The average molecular weight is 262 g/mol. The Hall–Kier alpha value is -1.92. The molecule has 0 saturated carbocycles. The van der Waals surface area contributed by atoms with Crippen LogP contribution in [-0.4, -0.2) is 27.2 Å². The van der Waals surface area contributed by atoms with Crippen molar-refractivity contribution in [2.45, 2.75) is 27.7 Å². The first-order chi connectivity index (χ1) is 8.91. The van der Waals surface area contributed by atoms with Crippen molar-refractivity contribution in [1.82, 2.24) is 19.6 Å². The monoisotopic (exact) mass is 262 g/mol. The van der Waals surface area contributed by atoms with Gasteiger partial charge in [-0.15, -0.1) is 0 Å². The molecule has 0 aliphatic carbocycles. The van der Waals surface area contributed by atoms with Crippen molar-refractivity contribution in [2.24, 2.45) is 14.1 Å². The maximum Gasteiger partial charge on any atom is 0.576 e. The van der Waals surface area contributed by atoms with Crippen molar-refractivity contribution < 1.29 is 9.31 Å². The van der Waals surface area contributed by atoms with Gasteiger partial charge in [0.2, 0.25) is 0 Å². The van der Waals surface area contributed by atoms with Crippen LogP contribution in [0.5, 0.6) is 11.5 Å². The molecule has 2 aromatic rings. The number of rotatable bonds is 4. The van der Waals surface area contributed by atoms with E-state index in [0.29, 0.717) is 0 Å². The van der Waals surface area contributed by atoms with Gasteiger partial charge in [0.05, 0.1) is 22.8 Å². The third-order valence-electron chi connectivity index (χ3n) is 3.29. The molecule has 19 heavy (non-hydrogen) atoms. The van der Waals surface area contributed by atoms with Crippen LogP contribution in [0.25, 0.3) is 0 Å². The molecule has 0 fully saturated rings. The highest BCUT2D eigenvalue weighted by atomic mass is 16.6. The molecule has 7 heteroatoms. The van der Waals surface area contributed by atoms with E-state index in [4.69, 9.17) is 9.31 Å². The van der Waals surface area contributed by atoms with Crippen molar-refractivity contribution in [3.05, 3.63) is 22.8 Å². The van der Waals surface area contributed by atoms with Crippen LogP contribution in [0.3, 0.4) is 0 Å². The highest BCUT2D eigenvalue weighted by molar-refractivity contribution is 6.21. The zero-order valence-electron chi connectivity index (χ0n) is 12.3. The van der Waals surface area contributed by atoms with Crippen molar-refractivity contribution in [2.75, 3.05) is 0 Å². The predicted molar refractivity (Wildman–Crippen MR) is 73.8 cm³/mol. The van der Waals surface area contributed by atoms with E-state index < -0.39 is 0 Å². The minimum absolute atomic E-state index is 0.154. The molecule has 0 atom stereocenters. The molecule has 0 aliphatic rings. The minimum Gasteiger partial charge on any atom is -0.526 e. The van der Waals surface area contributed by atoms with Crippen LogP contribution in [0, 0.1) is 27.7 Å².